The van der Waals surface area contributed by atoms with Crippen LogP contribution in [0, 0.1) is 23.3 Å². The molecular formula is C51H63F4NO6. The fourth-order valence-corrected chi connectivity index (χ4v) is 6.84. The summed E-state index contributed by atoms with van der Waals surface area (Å²) in [7, 11) is 0. The van der Waals surface area contributed by atoms with Crippen LogP contribution in [0.1, 0.15) is 169 Å². The Hall–Kier alpha value is -5.19. The Bertz CT molecular complexity index is 1830. The number of ether oxygens (including phenoxy) is 4. The van der Waals surface area contributed by atoms with Gasteiger partial charge in [-0.3, -0.25) is 4.99 Å². The van der Waals surface area contributed by atoms with Crippen LogP contribution in [0.25, 0.3) is 0 Å². The zero-order chi connectivity index (χ0) is 44.4. The average Bonchev–Trinajstić information content (AvgIpc) is 3.27. The van der Waals surface area contributed by atoms with Gasteiger partial charge < -0.3 is 18.9 Å². The summed E-state index contributed by atoms with van der Waals surface area (Å²) < 4.78 is 80.7. The molecule has 4 aromatic rings. The van der Waals surface area contributed by atoms with Crippen LogP contribution >= 0.6 is 0 Å². The molecule has 0 aromatic heterocycles. The molecule has 0 spiro atoms. The van der Waals surface area contributed by atoms with E-state index in [-0.39, 0.29) is 36.2 Å². The number of hydrogen-bond donors (Lipinski definition) is 0. The van der Waals surface area contributed by atoms with Gasteiger partial charge in [0, 0.05) is 6.21 Å². The summed E-state index contributed by atoms with van der Waals surface area (Å²) in [6.45, 7) is 4.92. The van der Waals surface area contributed by atoms with Gasteiger partial charge in [-0.1, -0.05) is 129 Å². The molecule has 0 unspecified atom stereocenters. The molecule has 336 valence electrons. The van der Waals surface area contributed by atoms with Crippen LogP contribution < -0.4 is 18.9 Å². The molecule has 0 radical (unpaired) electrons. The van der Waals surface area contributed by atoms with E-state index in [4.69, 9.17) is 18.9 Å². The van der Waals surface area contributed by atoms with Crippen molar-refractivity contribution in [3.8, 4) is 23.0 Å². The van der Waals surface area contributed by atoms with E-state index in [1.807, 2.05) is 0 Å². The van der Waals surface area contributed by atoms with Crippen LogP contribution in [-0.2, 0) is 0 Å². The summed E-state index contributed by atoms with van der Waals surface area (Å²) in [4.78, 5) is 29.8. The van der Waals surface area contributed by atoms with Gasteiger partial charge in [-0.15, -0.1) is 0 Å². The summed E-state index contributed by atoms with van der Waals surface area (Å²) in [5, 5.41) is 0. The van der Waals surface area contributed by atoms with Crippen molar-refractivity contribution in [3.63, 3.8) is 0 Å². The molecular weight excluding hydrogens is 799 g/mol. The van der Waals surface area contributed by atoms with E-state index in [0.29, 0.717) is 11.3 Å². The van der Waals surface area contributed by atoms with E-state index >= 15 is 0 Å². The molecule has 0 saturated carbocycles. The molecule has 7 nitrogen and oxygen atoms in total. The van der Waals surface area contributed by atoms with Crippen molar-refractivity contribution < 1.29 is 46.1 Å². The minimum absolute atomic E-state index is 0.101. The summed E-state index contributed by atoms with van der Waals surface area (Å²) in [6, 6.07) is 17.0. The van der Waals surface area contributed by atoms with Gasteiger partial charge >= 0.3 is 11.9 Å². The highest BCUT2D eigenvalue weighted by atomic mass is 19.2. The SMILES string of the molecule is CCCCCCCCCCCCOc1ccc(C(=O)Oc2ccc(C=Nc3ccc(OC(=O)c4ccc(OCCCCCCCCCCCC)c(F)c4F)cc3)cc2)c(F)c1F. The minimum atomic E-state index is -1.34. The Morgan fingerprint density at radius 1 is 0.452 bits per heavy atom. The van der Waals surface area contributed by atoms with E-state index in [0.717, 1.165) is 63.5 Å². The summed E-state index contributed by atoms with van der Waals surface area (Å²) in [6.07, 6.45) is 24.5. The second-order valence-corrected chi connectivity index (χ2v) is 15.6. The molecule has 4 rings (SSSR count). The lowest BCUT2D eigenvalue weighted by Gasteiger charge is -2.10. The summed E-state index contributed by atoms with van der Waals surface area (Å²) >= 11 is 0. The number of carbonyl (C=O) groups excluding carboxylic acids is 2. The Morgan fingerprint density at radius 3 is 1.19 bits per heavy atom. The molecule has 0 bridgehead atoms. The highest BCUT2D eigenvalue weighted by molar-refractivity contribution is 5.92. The second-order valence-electron chi connectivity index (χ2n) is 15.6. The first-order valence-electron chi connectivity index (χ1n) is 22.6. The van der Waals surface area contributed by atoms with Gasteiger partial charge in [0.05, 0.1) is 30.0 Å². The number of halogens is 4. The normalized spacial score (nSPS) is 11.3. The van der Waals surface area contributed by atoms with Gasteiger partial charge in [-0.25, -0.2) is 18.4 Å². The molecule has 4 aromatic carbocycles. The van der Waals surface area contributed by atoms with Crippen LogP contribution in [0.15, 0.2) is 77.8 Å². The van der Waals surface area contributed by atoms with Crippen LogP contribution in [0.3, 0.4) is 0 Å². The van der Waals surface area contributed by atoms with Crippen molar-refractivity contribution in [2.24, 2.45) is 4.99 Å². The fraction of sp³-hybridized carbons (Fsp3) is 0.471. The molecule has 0 amide bonds. The standard InChI is InChI=1S/C51H63F4NO6/c1-3-5-7-9-11-13-15-17-19-21-35-59-44-33-31-42(46(52)48(44)54)50(57)61-40-27-23-38(24-28-40)37-56-39-25-29-41(30-26-39)62-51(58)43-32-34-45(49(55)47(43)53)60-36-22-20-18-16-14-12-10-8-6-4-2/h23-34,37H,3-22,35-36H2,1-2H3. The average molecular weight is 862 g/mol. The Kier molecular flexibility index (Phi) is 22.7. The lowest BCUT2D eigenvalue weighted by Crippen LogP contribution is -2.12. The number of hydrogen-bond acceptors (Lipinski definition) is 7. The predicted molar refractivity (Wildman–Crippen MR) is 237 cm³/mol. The first-order chi connectivity index (χ1) is 30.2. The van der Waals surface area contributed by atoms with Crippen molar-refractivity contribution in [1.82, 2.24) is 0 Å². The van der Waals surface area contributed by atoms with Crippen molar-refractivity contribution >= 4 is 23.8 Å². The van der Waals surface area contributed by atoms with Crippen molar-refractivity contribution in [2.45, 2.75) is 142 Å². The molecule has 0 fully saturated rings. The summed E-state index contributed by atoms with van der Waals surface area (Å²) in [5.74, 6) is -7.55. The molecule has 0 aliphatic heterocycles. The van der Waals surface area contributed by atoms with E-state index in [1.165, 1.54) is 120 Å². The molecule has 11 heteroatoms. The smallest absolute Gasteiger partial charge is 0.346 e. The summed E-state index contributed by atoms with van der Waals surface area (Å²) in [5.41, 5.74) is 0.0212. The fourth-order valence-electron chi connectivity index (χ4n) is 6.84. The van der Waals surface area contributed by atoms with Gasteiger partial charge in [-0.2, -0.15) is 8.78 Å². The Balaban J connectivity index is 1.17. The first kappa shape index (κ1) is 49.5. The number of rotatable bonds is 30. The molecule has 0 heterocycles. The number of benzene rings is 4. The Labute approximate surface area is 365 Å². The van der Waals surface area contributed by atoms with Crippen molar-refractivity contribution in [1.29, 1.82) is 0 Å². The van der Waals surface area contributed by atoms with Crippen LogP contribution in [0.2, 0.25) is 0 Å². The van der Waals surface area contributed by atoms with Crippen LogP contribution in [-0.4, -0.2) is 31.4 Å². The third-order valence-electron chi connectivity index (χ3n) is 10.5. The lowest BCUT2D eigenvalue weighted by molar-refractivity contribution is 0.0718. The van der Waals surface area contributed by atoms with Gasteiger partial charge in [0.15, 0.2) is 23.1 Å². The van der Waals surface area contributed by atoms with Gasteiger partial charge in [-0.05, 0) is 91.2 Å². The maximum atomic E-state index is 14.8. The minimum Gasteiger partial charge on any atom is -0.490 e. The predicted octanol–water partition coefficient (Wildman–Crippen LogP) is 15.0. The largest absolute Gasteiger partial charge is 0.490 e. The lowest BCUT2D eigenvalue weighted by atomic mass is 10.1. The maximum Gasteiger partial charge on any atom is 0.346 e. The zero-order valence-electron chi connectivity index (χ0n) is 36.5. The quantitative estimate of drug-likeness (QED) is 0.0171. The number of carbonyl (C=O) groups is 2. The number of aliphatic imine (C=N–C) groups is 1. The molecule has 0 saturated heterocycles. The van der Waals surface area contributed by atoms with E-state index in [1.54, 1.807) is 24.3 Å². The zero-order valence-corrected chi connectivity index (χ0v) is 36.5. The van der Waals surface area contributed by atoms with E-state index in [2.05, 4.69) is 18.8 Å². The maximum absolute atomic E-state index is 14.8. The van der Waals surface area contributed by atoms with E-state index in [9.17, 15) is 27.2 Å². The highest BCUT2D eigenvalue weighted by Gasteiger charge is 2.23. The molecule has 0 aliphatic rings. The monoisotopic (exact) mass is 861 g/mol. The third kappa shape index (κ3) is 17.3. The first-order valence-corrected chi connectivity index (χ1v) is 22.6. The second kappa shape index (κ2) is 28.4. The topological polar surface area (TPSA) is 83.4 Å². The van der Waals surface area contributed by atoms with Gasteiger partial charge in [0.1, 0.15) is 11.5 Å². The van der Waals surface area contributed by atoms with Crippen LogP contribution in [0.5, 0.6) is 23.0 Å². The number of esters is 2. The van der Waals surface area contributed by atoms with Crippen LogP contribution in [0.4, 0.5) is 23.2 Å². The van der Waals surface area contributed by atoms with Crippen molar-refractivity contribution in [2.75, 3.05) is 13.2 Å². The van der Waals surface area contributed by atoms with E-state index < -0.39 is 46.3 Å². The molecule has 62 heavy (non-hydrogen) atoms. The highest BCUT2D eigenvalue weighted by Crippen LogP contribution is 2.27. The third-order valence-corrected chi connectivity index (χ3v) is 10.5. The molecule has 0 atom stereocenters. The Morgan fingerprint density at radius 2 is 0.806 bits per heavy atom. The number of unbranched alkanes of at least 4 members (excludes halogenated alkanes) is 18. The van der Waals surface area contributed by atoms with Crippen molar-refractivity contribution in [3.05, 3.63) is 113 Å². The van der Waals surface area contributed by atoms with Gasteiger partial charge in [0.2, 0.25) is 11.6 Å². The number of nitrogens with zero attached hydrogens (tertiary/aromatic N) is 1. The van der Waals surface area contributed by atoms with Gasteiger partial charge in [0.25, 0.3) is 0 Å². The molecule has 0 aliphatic carbocycles. The molecule has 0 N–H and O–H groups in total.